The fourth-order valence-corrected chi connectivity index (χ4v) is 3.31. The highest BCUT2D eigenvalue weighted by molar-refractivity contribution is 7.09. The maximum absolute atomic E-state index is 6.29. The average molecular weight is 304 g/mol. The number of aromatic nitrogens is 1. The summed E-state index contributed by atoms with van der Waals surface area (Å²) in [5.41, 5.74) is 8.69. The van der Waals surface area contributed by atoms with Crippen molar-refractivity contribution in [3.63, 3.8) is 0 Å². The normalized spacial score (nSPS) is 13.2. The minimum atomic E-state index is 0.0558. The molecule has 114 valence electrons. The second-order valence-corrected chi connectivity index (χ2v) is 7.30. The Labute approximate surface area is 131 Å². The highest BCUT2D eigenvalue weighted by Crippen LogP contribution is 2.25. The van der Waals surface area contributed by atoms with Crippen LogP contribution in [0.5, 0.6) is 5.75 Å². The van der Waals surface area contributed by atoms with E-state index >= 15 is 0 Å². The number of nitrogens with zero attached hydrogens (tertiary/aromatic N) is 1. The number of methoxy groups -OCH3 is 1. The summed E-state index contributed by atoms with van der Waals surface area (Å²) in [5, 5.41) is 3.26. The van der Waals surface area contributed by atoms with Crippen molar-refractivity contribution in [3.8, 4) is 5.75 Å². The molecule has 4 heteroatoms. The zero-order chi connectivity index (χ0) is 15.5. The lowest BCUT2D eigenvalue weighted by atomic mass is 9.93. The fourth-order valence-electron chi connectivity index (χ4n) is 2.20. The molecule has 21 heavy (non-hydrogen) atoms. The van der Waals surface area contributed by atoms with Crippen molar-refractivity contribution in [1.82, 2.24) is 4.98 Å². The molecule has 0 radical (unpaired) electrons. The Balaban J connectivity index is 2.01. The van der Waals surface area contributed by atoms with Gasteiger partial charge in [0, 0.05) is 23.3 Å². The van der Waals surface area contributed by atoms with E-state index in [9.17, 15) is 0 Å². The van der Waals surface area contributed by atoms with Gasteiger partial charge in [0.1, 0.15) is 5.75 Å². The van der Waals surface area contributed by atoms with Crippen molar-refractivity contribution in [2.45, 2.75) is 45.1 Å². The van der Waals surface area contributed by atoms with Crippen LogP contribution in [0.25, 0.3) is 0 Å². The molecule has 1 heterocycles. The third-order valence-corrected chi connectivity index (χ3v) is 4.30. The Kier molecular flexibility index (Phi) is 5.01. The Hall–Kier alpha value is -1.39. The molecule has 0 bridgehead atoms. The first-order valence-electron chi connectivity index (χ1n) is 7.22. The van der Waals surface area contributed by atoms with Gasteiger partial charge in [-0.1, -0.05) is 39.0 Å². The Bertz CT molecular complexity index is 586. The van der Waals surface area contributed by atoms with Crippen LogP contribution in [0.3, 0.4) is 0 Å². The zero-order valence-corrected chi connectivity index (χ0v) is 14.0. The van der Waals surface area contributed by atoms with Gasteiger partial charge in [0.15, 0.2) is 0 Å². The third-order valence-electron chi connectivity index (χ3n) is 3.43. The molecule has 1 atom stereocenters. The number of hydrogen-bond donors (Lipinski definition) is 1. The molecule has 0 amide bonds. The van der Waals surface area contributed by atoms with E-state index in [0.29, 0.717) is 0 Å². The first kappa shape index (κ1) is 16.0. The van der Waals surface area contributed by atoms with Gasteiger partial charge in [-0.25, -0.2) is 4.98 Å². The molecule has 1 aromatic heterocycles. The maximum Gasteiger partial charge on any atom is 0.122 e. The Morgan fingerprint density at radius 2 is 1.95 bits per heavy atom. The Morgan fingerprint density at radius 3 is 2.57 bits per heavy atom. The van der Waals surface area contributed by atoms with E-state index in [0.717, 1.165) is 34.9 Å². The van der Waals surface area contributed by atoms with Crippen LogP contribution in [-0.4, -0.2) is 18.1 Å². The van der Waals surface area contributed by atoms with E-state index < -0.39 is 0 Å². The zero-order valence-electron chi connectivity index (χ0n) is 13.2. The molecule has 1 aromatic carbocycles. The molecule has 3 nitrogen and oxygen atoms in total. The predicted octanol–water partition coefficient (Wildman–Crippen LogP) is 3.56. The van der Waals surface area contributed by atoms with Gasteiger partial charge < -0.3 is 10.5 Å². The van der Waals surface area contributed by atoms with E-state index in [-0.39, 0.29) is 11.5 Å². The van der Waals surface area contributed by atoms with Crippen LogP contribution in [-0.2, 0) is 18.3 Å². The fraction of sp³-hybridized carbons (Fsp3) is 0.471. The molecule has 0 fully saturated rings. The van der Waals surface area contributed by atoms with Crippen molar-refractivity contribution >= 4 is 11.3 Å². The molecule has 2 aromatic rings. The molecule has 2 N–H and O–H groups in total. The summed E-state index contributed by atoms with van der Waals surface area (Å²) in [6.07, 6.45) is 1.60. The van der Waals surface area contributed by atoms with E-state index in [1.807, 2.05) is 18.2 Å². The van der Waals surface area contributed by atoms with E-state index in [4.69, 9.17) is 15.5 Å². The number of nitrogens with two attached hydrogens (primary N) is 1. The van der Waals surface area contributed by atoms with Gasteiger partial charge in [0.05, 0.1) is 17.8 Å². The third kappa shape index (κ3) is 4.29. The van der Waals surface area contributed by atoms with Gasteiger partial charge in [-0.2, -0.15) is 0 Å². The van der Waals surface area contributed by atoms with Crippen LogP contribution < -0.4 is 10.5 Å². The summed E-state index contributed by atoms with van der Waals surface area (Å²) in [6.45, 7) is 6.54. The number of para-hydroxylation sites is 1. The van der Waals surface area contributed by atoms with Gasteiger partial charge in [-0.15, -0.1) is 11.3 Å². The summed E-state index contributed by atoms with van der Waals surface area (Å²) in [7, 11) is 1.70. The SMILES string of the molecule is COc1ccccc1CC(N)Cc1nc(C(C)(C)C)cs1. The number of benzene rings is 1. The minimum absolute atomic E-state index is 0.0558. The molecule has 1 unspecified atom stereocenters. The summed E-state index contributed by atoms with van der Waals surface area (Å²) in [6, 6.07) is 8.10. The van der Waals surface area contributed by atoms with Gasteiger partial charge in [-0.05, 0) is 18.1 Å². The number of rotatable bonds is 5. The molecule has 2 rings (SSSR count). The van der Waals surface area contributed by atoms with Crippen LogP contribution in [0.2, 0.25) is 0 Å². The van der Waals surface area contributed by atoms with Crippen LogP contribution >= 0.6 is 11.3 Å². The largest absolute Gasteiger partial charge is 0.496 e. The lowest BCUT2D eigenvalue weighted by Crippen LogP contribution is -2.25. The van der Waals surface area contributed by atoms with Crippen molar-refractivity contribution < 1.29 is 4.74 Å². The summed E-state index contributed by atoms with van der Waals surface area (Å²) in [5.74, 6) is 0.905. The van der Waals surface area contributed by atoms with Gasteiger partial charge in [0.25, 0.3) is 0 Å². The van der Waals surface area contributed by atoms with Crippen molar-refractivity contribution in [2.24, 2.45) is 5.73 Å². The highest BCUT2D eigenvalue weighted by atomic mass is 32.1. The second kappa shape index (κ2) is 6.58. The van der Waals surface area contributed by atoms with Crippen molar-refractivity contribution in [1.29, 1.82) is 0 Å². The van der Waals surface area contributed by atoms with E-state index in [2.05, 4.69) is 32.2 Å². The summed E-state index contributed by atoms with van der Waals surface area (Å²) in [4.78, 5) is 4.71. The number of thiazole rings is 1. The lowest BCUT2D eigenvalue weighted by Gasteiger charge is -2.15. The van der Waals surface area contributed by atoms with E-state index in [1.165, 1.54) is 0 Å². The molecule has 0 saturated heterocycles. The first-order chi connectivity index (χ1) is 9.90. The summed E-state index contributed by atoms with van der Waals surface area (Å²) < 4.78 is 5.38. The van der Waals surface area contributed by atoms with Crippen molar-refractivity contribution in [2.75, 3.05) is 7.11 Å². The lowest BCUT2D eigenvalue weighted by molar-refractivity contribution is 0.407. The van der Waals surface area contributed by atoms with Crippen LogP contribution in [0.4, 0.5) is 0 Å². The van der Waals surface area contributed by atoms with Crippen molar-refractivity contribution in [3.05, 3.63) is 45.9 Å². The second-order valence-electron chi connectivity index (χ2n) is 6.36. The first-order valence-corrected chi connectivity index (χ1v) is 8.10. The molecule has 0 saturated carbocycles. The predicted molar refractivity (Wildman–Crippen MR) is 89.2 cm³/mol. The Morgan fingerprint density at radius 1 is 1.24 bits per heavy atom. The van der Waals surface area contributed by atoms with Crippen LogP contribution in [0.1, 0.15) is 37.0 Å². The average Bonchev–Trinajstić information content (AvgIpc) is 2.87. The van der Waals surface area contributed by atoms with E-state index in [1.54, 1.807) is 18.4 Å². The summed E-state index contributed by atoms with van der Waals surface area (Å²) >= 11 is 1.70. The maximum atomic E-state index is 6.29. The molecule has 0 spiro atoms. The topological polar surface area (TPSA) is 48.1 Å². The quantitative estimate of drug-likeness (QED) is 0.918. The molecule has 0 aliphatic carbocycles. The molecular weight excluding hydrogens is 280 g/mol. The van der Waals surface area contributed by atoms with Gasteiger partial charge in [0.2, 0.25) is 0 Å². The standard InChI is InChI=1S/C17H24N2OS/c1-17(2,3)15-11-21-16(19-15)10-13(18)9-12-7-5-6-8-14(12)20-4/h5-8,11,13H,9-10,18H2,1-4H3. The monoisotopic (exact) mass is 304 g/mol. The molecular formula is C17H24N2OS. The van der Waals surface area contributed by atoms with Crippen LogP contribution in [0, 0.1) is 0 Å². The minimum Gasteiger partial charge on any atom is -0.496 e. The van der Waals surface area contributed by atoms with Crippen LogP contribution in [0.15, 0.2) is 29.6 Å². The highest BCUT2D eigenvalue weighted by Gasteiger charge is 2.18. The molecule has 0 aliphatic heterocycles. The molecule has 0 aliphatic rings. The van der Waals surface area contributed by atoms with Gasteiger partial charge in [-0.3, -0.25) is 0 Å². The smallest absolute Gasteiger partial charge is 0.122 e. The van der Waals surface area contributed by atoms with Gasteiger partial charge >= 0.3 is 0 Å². The number of ether oxygens (including phenoxy) is 1. The number of hydrogen-bond acceptors (Lipinski definition) is 4.